The van der Waals surface area contributed by atoms with Gasteiger partial charge in [0.15, 0.2) is 11.5 Å². The second-order valence-corrected chi connectivity index (χ2v) is 8.42. The Hall–Kier alpha value is -3.59. The Kier molecular flexibility index (Phi) is 7.32. The van der Waals surface area contributed by atoms with Crippen molar-refractivity contribution < 1.29 is 27.1 Å². The van der Waals surface area contributed by atoms with Gasteiger partial charge in [-0.2, -0.15) is 0 Å². The molecule has 0 aromatic heterocycles. The van der Waals surface area contributed by atoms with Crippen LogP contribution in [0.2, 0.25) is 0 Å². The van der Waals surface area contributed by atoms with Crippen LogP contribution < -0.4 is 19.5 Å². The van der Waals surface area contributed by atoms with E-state index in [4.69, 9.17) is 9.47 Å². The lowest BCUT2D eigenvalue weighted by Gasteiger charge is -2.12. The summed E-state index contributed by atoms with van der Waals surface area (Å²) in [6.45, 7) is 2.59. The van der Waals surface area contributed by atoms with Crippen LogP contribution in [0.1, 0.15) is 22.8 Å². The number of halogens is 1. The third kappa shape index (κ3) is 5.76. The highest BCUT2D eigenvalue weighted by atomic mass is 32.2. The SMILES string of the molecule is CCOc1ccc(CNC(=O)c2cccc(S(=O)(=O)Nc3ccc(F)cc3)c2)cc1OC. The fraction of sp³-hybridized carbons (Fsp3) is 0.174. The minimum atomic E-state index is -3.95. The third-order valence-electron chi connectivity index (χ3n) is 4.48. The minimum Gasteiger partial charge on any atom is -0.493 e. The summed E-state index contributed by atoms with van der Waals surface area (Å²) in [5, 5.41) is 2.76. The van der Waals surface area contributed by atoms with E-state index in [0.29, 0.717) is 18.1 Å². The van der Waals surface area contributed by atoms with Gasteiger partial charge in [0.2, 0.25) is 0 Å². The van der Waals surface area contributed by atoms with Crippen LogP contribution in [0.15, 0.2) is 71.6 Å². The van der Waals surface area contributed by atoms with Crippen LogP contribution in [0, 0.1) is 5.82 Å². The fourth-order valence-corrected chi connectivity index (χ4v) is 4.02. The summed E-state index contributed by atoms with van der Waals surface area (Å²) in [6.07, 6.45) is 0. The van der Waals surface area contributed by atoms with Crippen molar-refractivity contribution in [2.75, 3.05) is 18.4 Å². The fourth-order valence-electron chi connectivity index (χ4n) is 2.92. The molecule has 0 aliphatic carbocycles. The summed E-state index contributed by atoms with van der Waals surface area (Å²) < 4.78 is 51.5. The van der Waals surface area contributed by atoms with Crippen LogP contribution in [-0.2, 0) is 16.6 Å². The van der Waals surface area contributed by atoms with Crippen LogP contribution in [0.5, 0.6) is 11.5 Å². The Labute approximate surface area is 186 Å². The van der Waals surface area contributed by atoms with Gasteiger partial charge in [-0.25, -0.2) is 12.8 Å². The molecule has 9 heteroatoms. The number of sulfonamides is 1. The molecule has 0 heterocycles. The van der Waals surface area contributed by atoms with Crippen LogP contribution in [0.3, 0.4) is 0 Å². The van der Waals surface area contributed by atoms with E-state index in [1.165, 1.54) is 43.5 Å². The van der Waals surface area contributed by atoms with Crippen LogP contribution in [0.25, 0.3) is 0 Å². The molecule has 0 fully saturated rings. The molecule has 7 nitrogen and oxygen atoms in total. The van der Waals surface area contributed by atoms with E-state index >= 15 is 0 Å². The first-order chi connectivity index (χ1) is 15.3. The zero-order chi connectivity index (χ0) is 23.1. The predicted molar refractivity (Wildman–Crippen MR) is 119 cm³/mol. The van der Waals surface area contributed by atoms with Gasteiger partial charge in [0, 0.05) is 17.8 Å². The molecule has 0 atom stereocenters. The lowest BCUT2D eigenvalue weighted by Crippen LogP contribution is -2.23. The summed E-state index contributed by atoms with van der Waals surface area (Å²) in [5.74, 6) is 0.253. The monoisotopic (exact) mass is 458 g/mol. The van der Waals surface area contributed by atoms with Gasteiger partial charge in [-0.15, -0.1) is 0 Å². The first kappa shape index (κ1) is 23.1. The molecule has 1 amide bonds. The summed E-state index contributed by atoms with van der Waals surface area (Å²) in [7, 11) is -2.42. The molecular weight excluding hydrogens is 435 g/mol. The van der Waals surface area contributed by atoms with E-state index in [1.807, 2.05) is 6.92 Å². The third-order valence-corrected chi connectivity index (χ3v) is 5.86. The molecule has 0 bridgehead atoms. The molecule has 3 aromatic rings. The molecule has 168 valence electrons. The lowest BCUT2D eigenvalue weighted by molar-refractivity contribution is 0.0950. The summed E-state index contributed by atoms with van der Waals surface area (Å²) in [4.78, 5) is 12.5. The molecule has 3 rings (SSSR count). The molecule has 0 saturated heterocycles. The summed E-state index contributed by atoms with van der Waals surface area (Å²) in [5.41, 5.74) is 1.19. The molecule has 0 spiro atoms. The lowest BCUT2D eigenvalue weighted by atomic mass is 10.1. The largest absolute Gasteiger partial charge is 0.493 e. The molecule has 3 aromatic carbocycles. The highest BCUT2D eigenvalue weighted by molar-refractivity contribution is 7.92. The first-order valence-electron chi connectivity index (χ1n) is 9.78. The highest BCUT2D eigenvalue weighted by Crippen LogP contribution is 2.28. The number of benzene rings is 3. The summed E-state index contributed by atoms with van der Waals surface area (Å²) in [6, 6.07) is 15.9. The number of ether oxygens (including phenoxy) is 2. The average Bonchev–Trinajstić information content (AvgIpc) is 2.79. The smallest absolute Gasteiger partial charge is 0.261 e. The zero-order valence-electron chi connectivity index (χ0n) is 17.6. The van der Waals surface area contributed by atoms with Crippen molar-refractivity contribution in [3.63, 3.8) is 0 Å². The van der Waals surface area contributed by atoms with Crippen molar-refractivity contribution in [2.45, 2.75) is 18.4 Å². The Bertz CT molecular complexity index is 1200. The number of nitrogens with one attached hydrogen (secondary N) is 2. The highest BCUT2D eigenvalue weighted by Gasteiger charge is 2.17. The van der Waals surface area contributed by atoms with Crippen molar-refractivity contribution in [3.05, 3.63) is 83.7 Å². The molecular formula is C23H23FN2O5S. The quantitative estimate of drug-likeness (QED) is 0.506. The Morgan fingerprint density at radius 1 is 1.00 bits per heavy atom. The average molecular weight is 459 g/mol. The van der Waals surface area contributed by atoms with E-state index in [-0.39, 0.29) is 22.7 Å². The van der Waals surface area contributed by atoms with Gasteiger partial charge < -0.3 is 14.8 Å². The Morgan fingerprint density at radius 2 is 1.75 bits per heavy atom. The second-order valence-electron chi connectivity index (χ2n) is 6.74. The van der Waals surface area contributed by atoms with E-state index in [9.17, 15) is 17.6 Å². The standard InChI is InChI=1S/C23H23FN2O5S/c1-3-31-21-12-7-16(13-22(21)30-2)15-25-23(27)17-5-4-6-20(14-17)32(28,29)26-19-10-8-18(24)9-11-19/h4-14,26H,3,15H2,1-2H3,(H,25,27). The number of methoxy groups -OCH3 is 1. The van der Waals surface area contributed by atoms with Gasteiger partial charge in [0.25, 0.3) is 15.9 Å². The predicted octanol–water partition coefficient (Wildman–Crippen LogP) is 3.96. The van der Waals surface area contributed by atoms with Gasteiger partial charge in [-0.3, -0.25) is 9.52 Å². The maximum Gasteiger partial charge on any atom is 0.261 e. The number of anilines is 1. The number of carbonyl (C=O) groups is 1. The van der Waals surface area contributed by atoms with Crippen molar-refractivity contribution >= 4 is 21.6 Å². The second kappa shape index (κ2) is 10.1. The maximum atomic E-state index is 13.0. The van der Waals surface area contributed by atoms with Crippen molar-refractivity contribution in [3.8, 4) is 11.5 Å². The normalized spacial score (nSPS) is 11.0. The molecule has 0 aliphatic heterocycles. The van der Waals surface area contributed by atoms with Gasteiger partial charge in [-0.1, -0.05) is 12.1 Å². The number of hydrogen-bond acceptors (Lipinski definition) is 5. The van der Waals surface area contributed by atoms with Crippen LogP contribution in [-0.4, -0.2) is 28.0 Å². The van der Waals surface area contributed by atoms with E-state index < -0.39 is 21.7 Å². The van der Waals surface area contributed by atoms with E-state index in [2.05, 4.69) is 10.0 Å². The Morgan fingerprint density at radius 3 is 2.44 bits per heavy atom. The number of hydrogen-bond donors (Lipinski definition) is 2. The minimum absolute atomic E-state index is 0.0859. The van der Waals surface area contributed by atoms with Crippen LogP contribution in [0.4, 0.5) is 10.1 Å². The zero-order valence-corrected chi connectivity index (χ0v) is 18.4. The van der Waals surface area contributed by atoms with Gasteiger partial charge in [0.1, 0.15) is 5.82 Å². The van der Waals surface area contributed by atoms with Crippen LogP contribution >= 0.6 is 0 Å². The number of carbonyl (C=O) groups excluding carboxylic acids is 1. The maximum absolute atomic E-state index is 13.0. The summed E-state index contributed by atoms with van der Waals surface area (Å²) >= 11 is 0. The molecule has 0 aliphatic rings. The molecule has 2 N–H and O–H groups in total. The topological polar surface area (TPSA) is 93.7 Å². The van der Waals surface area contributed by atoms with Gasteiger partial charge >= 0.3 is 0 Å². The van der Waals surface area contributed by atoms with Gasteiger partial charge in [0.05, 0.1) is 18.6 Å². The molecule has 0 unspecified atom stereocenters. The van der Waals surface area contributed by atoms with E-state index in [1.54, 1.807) is 18.2 Å². The first-order valence-corrected chi connectivity index (χ1v) is 11.3. The van der Waals surface area contributed by atoms with Gasteiger partial charge in [-0.05, 0) is 67.1 Å². The van der Waals surface area contributed by atoms with Crippen molar-refractivity contribution in [1.29, 1.82) is 0 Å². The van der Waals surface area contributed by atoms with E-state index in [0.717, 1.165) is 17.7 Å². The molecule has 0 saturated carbocycles. The molecule has 0 radical (unpaired) electrons. The number of amides is 1. The Balaban J connectivity index is 1.70. The van der Waals surface area contributed by atoms with Crippen molar-refractivity contribution in [2.24, 2.45) is 0 Å². The number of rotatable bonds is 9. The van der Waals surface area contributed by atoms with Crippen molar-refractivity contribution in [1.82, 2.24) is 5.32 Å². The molecule has 32 heavy (non-hydrogen) atoms.